The molecule has 1 aliphatic rings. The summed E-state index contributed by atoms with van der Waals surface area (Å²) in [6.07, 6.45) is 0.906. The first kappa shape index (κ1) is 19.6. The zero-order valence-corrected chi connectivity index (χ0v) is 18.8. The number of rotatable bonds is 3. The van der Waals surface area contributed by atoms with E-state index in [0.717, 1.165) is 0 Å². The van der Waals surface area contributed by atoms with E-state index >= 15 is 0 Å². The number of benzene rings is 3. The van der Waals surface area contributed by atoms with Gasteiger partial charge in [-0.25, -0.2) is 0 Å². The van der Waals surface area contributed by atoms with E-state index in [4.69, 9.17) is 0 Å². The van der Waals surface area contributed by atoms with Crippen LogP contribution in [0, 0.1) is 20.8 Å². The highest BCUT2D eigenvalue weighted by atomic mass is 14.9. The van der Waals surface area contributed by atoms with E-state index in [2.05, 4.69) is 129 Å². The SMILES string of the molecule is CC1=C(c2ccc(C)cc2)[B-](c2ccc(C)cc2)(c2ccc(C)cc2)[n+]2ccccc21. The Hall–Kier alpha value is -3.39. The molecule has 2 heterocycles. The molecule has 0 unspecified atom stereocenters. The van der Waals surface area contributed by atoms with Crippen molar-refractivity contribution in [3.8, 4) is 0 Å². The number of allylic oxidation sites excluding steroid dienone is 1. The Morgan fingerprint density at radius 3 is 1.55 bits per heavy atom. The first-order valence-electron chi connectivity index (χ1n) is 11.1. The molecule has 0 saturated heterocycles. The largest absolute Gasteiger partial charge is 0.408 e. The third kappa shape index (κ3) is 2.98. The van der Waals surface area contributed by atoms with E-state index in [1.165, 1.54) is 49.9 Å². The summed E-state index contributed by atoms with van der Waals surface area (Å²) < 4.78 is 2.53. The number of nitrogens with zero attached hydrogens (tertiary/aromatic N) is 1. The van der Waals surface area contributed by atoms with Gasteiger partial charge >= 0.3 is 6.28 Å². The predicted molar refractivity (Wildman–Crippen MR) is 133 cm³/mol. The molecule has 31 heavy (non-hydrogen) atoms. The molecule has 0 radical (unpaired) electrons. The van der Waals surface area contributed by atoms with Crippen molar-refractivity contribution in [1.29, 1.82) is 0 Å². The second-order valence-electron chi connectivity index (χ2n) is 9.04. The van der Waals surface area contributed by atoms with Gasteiger partial charge in [0.25, 0.3) is 0 Å². The van der Waals surface area contributed by atoms with Gasteiger partial charge in [0.15, 0.2) is 5.69 Å². The van der Waals surface area contributed by atoms with Gasteiger partial charge < -0.3 is 4.48 Å². The smallest absolute Gasteiger partial charge is 0.361 e. The van der Waals surface area contributed by atoms with Gasteiger partial charge in [-0.1, -0.05) is 101 Å². The summed E-state index contributed by atoms with van der Waals surface area (Å²) in [6.45, 7) is 8.76. The van der Waals surface area contributed by atoms with Gasteiger partial charge in [-0.3, -0.25) is 0 Å². The minimum Gasteiger partial charge on any atom is -0.408 e. The summed E-state index contributed by atoms with van der Waals surface area (Å²) >= 11 is 0. The Morgan fingerprint density at radius 1 is 0.548 bits per heavy atom. The Morgan fingerprint density at radius 2 is 1.03 bits per heavy atom. The highest BCUT2D eigenvalue weighted by Gasteiger charge is 2.50. The van der Waals surface area contributed by atoms with Crippen LogP contribution in [0.4, 0.5) is 0 Å². The minimum absolute atomic E-state index is 1.28. The topological polar surface area (TPSA) is 3.88 Å². The molecule has 0 atom stereocenters. The summed E-state index contributed by atoms with van der Waals surface area (Å²) in [5.74, 6) is 0. The summed E-state index contributed by atoms with van der Waals surface area (Å²) in [6, 6.07) is 33.9. The molecule has 0 spiro atoms. The Balaban J connectivity index is 1.93. The molecule has 0 amide bonds. The zero-order valence-electron chi connectivity index (χ0n) is 18.8. The van der Waals surface area contributed by atoms with E-state index in [-0.39, 0.29) is 0 Å². The standard InChI is InChI=1S/C29H28BN/c1-21-8-14-25(15-9-21)29-24(4)28-7-5-6-20-31(28)30(29,26-16-10-22(2)11-17-26)27-18-12-23(3)13-19-27/h5-20H,1-4H3. The van der Waals surface area contributed by atoms with Gasteiger partial charge in [-0.2, -0.15) is 0 Å². The number of aryl methyl sites for hydroxylation is 3. The van der Waals surface area contributed by atoms with Crippen molar-refractivity contribution in [2.24, 2.45) is 0 Å². The summed E-state index contributed by atoms with van der Waals surface area (Å²) in [5.41, 5.74) is 11.9. The third-order valence-corrected chi connectivity index (χ3v) is 7.00. The van der Waals surface area contributed by atoms with Gasteiger partial charge in [-0.05, 0) is 39.3 Å². The maximum Gasteiger partial charge on any atom is 0.361 e. The highest BCUT2D eigenvalue weighted by Crippen LogP contribution is 2.36. The normalized spacial score (nSPS) is 14.6. The molecule has 3 aromatic carbocycles. The molecule has 4 aromatic rings. The van der Waals surface area contributed by atoms with E-state index in [9.17, 15) is 0 Å². The molecule has 2 heteroatoms. The van der Waals surface area contributed by atoms with Crippen LogP contribution < -0.4 is 15.4 Å². The van der Waals surface area contributed by atoms with E-state index < -0.39 is 6.28 Å². The van der Waals surface area contributed by atoms with Crippen LogP contribution in [0.15, 0.2) is 97.2 Å². The van der Waals surface area contributed by atoms with Crippen LogP contribution in [0.5, 0.6) is 0 Å². The molecule has 0 bridgehead atoms. The molecule has 0 saturated carbocycles. The highest BCUT2D eigenvalue weighted by molar-refractivity contribution is 7.10. The lowest BCUT2D eigenvalue weighted by Crippen LogP contribution is -2.78. The van der Waals surface area contributed by atoms with Crippen molar-refractivity contribution in [1.82, 2.24) is 0 Å². The fourth-order valence-electron chi connectivity index (χ4n) is 5.43. The number of fused-ring (bicyclic) bond motifs is 1. The molecule has 5 rings (SSSR count). The van der Waals surface area contributed by atoms with Gasteiger partial charge in [0.2, 0.25) is 0 Å². The molecule has 0 N–H and O–H groups in total. The van der Waals surface area contributed by atoms with Crippen LogP contribution in [-0.4, -0.2) is 6.28 Å². The summed E-state index contributed by atoms with van der Waals surface area (Å²) in [5, 5.41) is 0. The Labute approximate surface area is 185 Å². The number of hydrogen-bond acceptors (Lipinski definition) is 0. The molecule has 1 aliphatic heterocycles. The Kier molecular flexibility index (Phi) is 4.66. The fraction of sp³-hybridized carbons (Fsp3) is 0.138. The number of pyridine rings is 1. The zero-order chi connectivity index (χ0) is 21.6. The van der Waals surface area contributed by atoms with Crippen molar-refractivity contribution in [3.05, 3.63) is 125 Å². The molecule has 152 valence electrons. The first-order valence-corrected chi connectivity index (χ1v) is 11.1. The first-order chi connectivity index (χ1) is 15.0. The van der Waals surface area contributed by atoms with Crippen LogP contribution in [-0.2, 0) is 0 Å². The maximum atomic E-state index is 2.53. The molecule has 1 aromatic heterocycles. The van der Waals surface area contributed by atoms with Gasteiger partial charge in [0, 0.05) is 6.07 Å². The lowest BCUT2D eigenvalue weighted by Gasteiger charge is -2.36. The average Bonchev–Trinajstić information content (AvgIpc) is 3.05. The Bertz CT molecular complexity index is 1230. The van der Waals surface area contributed by atoms with E-state index in [1.54, 1.807) is 0 Å². The van der Waals surface area contributed by atoms with Crippen molar-refractivity contribution in [2.45, 2.75) is 27.7 Å². The van der Waals surface area contributed by atoms with Crippen molar-refractivity contribution in [3.63, 3.8) is 0 Å². The average molecular weight is 401 g/mol. The quantitative estimate of drug-likeness (QED) is 0.426. The van der Waals surface area contributed by atoms with Crippen LogP contribution in [0.3, 0.4) is 0 Å². The molecule has 0 fully saturated rings. The van der Waals surface area contributed by atoms with Crippen LogP contribution in [0.1, 0.15) is 34.9 Å². The van der Waals surface area contributed by atoms with Crippen molar-refractivity contribution < 1.29 is 4.48 Å². The second kappa shape index (κ2) is 7.39. The van der Waals surface area contributed by atoms with Gasteiger partial charge in [0.05, 0.1) is 0 Å². The molecule has 1 nitrogen and oxygen atoms in total. The predicted octanol–water partition coefficient (Wildman–Crippen LogP) is 4.99. The number of hydrogen-bond donors (Lipinski definition) is 0. The number of aromatic nitrogens is 1. The van der Waals surface area contributed by atoms with Crippen LogP contribution >= 0.6 is 0 Å². The lowest BCUT2D eigenvalue weighted by atomic mass is 9.23. The van der Waals surface area contributed by atoms with Crippen molar-refractivity contribution in [2.75, 3.05) is 0 Å². The summed E-state index contributed by atoms with van der Waals surface area (Å²) in [7, 11) is 0. The molecule has 0 aliphatic carbocycles. The minimum atomic E-state index is -1.36. The van der Waals surface area contributed by atoms with Gasteiger partial charge in [-0.15, -0.1) is 16.4 Å². The lowest BCUT2D eigenvalue weighted by molar-refractivity contribution is -0.539. The monoisotopic (exact) mass is 401 g/mol. The van der Waals surface area contributed by atoms with E-state index in [0.29, 0.717) is 0 Å². The third-order valence-electron chi connectivity index (χ3n) is 7.00. The molecular formula is C29H28BN. The van der Waals surface area contributed by atoms with Crippen molar-refractivity contribution >= 4 is 28.3 Å². The van der Waals surface area contributed by atoms with E-state index in [1.807, 2.05) is 0 Å². The van der Waals surface area contributed by atoms with Gasteiger partial charge in [0.1, 0.15) is 6.20 Å². The van der Waals surface area contributed by atoms with Crippen LogP contribution in [0.2, 0.25) is 0 Å². The maximum absolute atomic E-state index is 2.53. The second-order valence-corrected chi connectivity index (χ2v) is 9.04. The van der Waals surface area contributed by atoms with Crippen LogP contribution in [0.25, 0.3) is 11.0 Å². The fourth-order valence-corrected chi connectivity index (χ4v) is 5.43. The molecular weight excluding hydrogens is 373 g/mol. The summed E-state index contributed by atoms with van der Waals surface area (Å²) in [4.78, 5) is 0.